The summed E-state index contributed by atoms with van der Waals surface area (Å²) < 4.78 is 9.60. The van der Waals surface area contributed by atoms with Crippen molar-refractivity contribution in [1.82, 2.24) is 18.3 Å². The molecule has 4 aromatic heterocycles. The van der Waals surface area contributed by atoms with Gasteiger partial charge in [-0.05, 0) is 69.8 Å². The highest BCUT2D eigenvalue weighted by Crippen LogP contribution is 2.57. The fraction of sp³-hybridized carbons (Fsp3) is 0.0811. The topological polar surface area (TPSA) is 67.3 Å². The molecule has 374 valence electrons. The van der Waals surface area contributed by atoms with E-state index in [1.165, 1.54) is 33.4 Å². The van der Waals surface area contributed by atoms with Gasteiger partial charge in [0.2, 0.25) is 0 Å². The third kappa shape index (κ3) is 5.40. The quantitative estimate of drug-likeness (QED) is 0.176. The normalized spacial score (nSPS) is 13.9. The number of fused-ring (bicyclic) bond motifs is 20. The van der Waals surface area contributed by atoms with Crippen molar-refractivity contribution in [1.29, 1.82) is 10.5 Å². The van der Waals surface area contributed by atoms with E-state index >= 15 is 0 Å². The largest absolute Gasteiger partial charge is 0.305 e. The maximum Gasteiger partial charge on any atom is 0.103 e. The molecule has 0 spiro atoms. The Kier molecular flexibility index (Phi) is 8.74. The van der Waals surface area contributed by atoms with Crippen LogP contribution in [0.5, 0.6) is 0 Å². The molecule has 2 aliphatic rings. The van der Waals surface area contributed by atoms with Gasteiger partial charge in [0.05, 0.1) is 78.0 Å². The van der Waals surface area contributed by atoms with Gasteiger partial charge >= 0.3 is 0 Å². The van der Waals surface area contributed by atoms with Gasteiger partial charge in [-0.3, -0.25) is 0 Å². The van der Waals surface area contributed by atoms with E-state index in [0.29, 0.717) is 11.4 Å². The Morgan fingerprint density at radius 1 is 0.275 bits per heavy atom. The first kappa shape index (κ1) is 44.7. The molecular formula is C74H48N6. The average molecular weight is 1020 g/mol. The molecule has 0 fully saturated rings. The maximum atomic E-state index is 12.7. The van der Waals surface area contributed by atoms with Crippen LogP contribution in [-0.2, 0) is 10.8 Å². The Morgan fingerprint density at radius 3 is 0.875 bits per heavy atom. The summed E-state index contributed by atoms with van der Waals surface area (Å²) in [6, 6.07) is 84.5. The molecule has 80 heavy (non-hydrogen) atoms. The fourth-order valence-corrected chi connectivity index (χ4v) is 15.1. The van der Waals surface area contributed by atoms with Gasteiger partial charge in [-0.2, -0.15) is 10.5 Å². The summed E-state index contributed by atoms with van der Waals surface area (Å²) in [7, 11) is 0. The highest BCUT2D eigenvalue weighted by atomic mass is 15.1. The van der Waals surface area contributed by atoms with E-state index in [1.807, 2.05) is 0 Å². The van der Waals surface area contributed by atoms with Crippen molar-refractivity contribution in [3.05, 3.63) is 252 Å². The number of hydrogen-bond acceptors (Lipinski definition) is 2. The van der Waals surface area contributed by atoms with E-state index in [0.717, 1.165) is 110 Å². The minimum Gasteiger partial charge on any atom is -0.305 e. The number of nitrogens with zero attached hydrogens (tertiary/aromatic N) is 6. The molecule has 0 saturated heterocycles. The van der Waals surface area contributed by atoms with E-state index in [4.69, 9.17) is 0 Å². The Hall–Kier alpha value is -10.4. The highest BCUT2D eigenvalue weighted by molar-refractivity contribution is 6.20. The highest BCUT2D eigenvalue weighted by Gasteiger charge is 2.42. The molecule has 0 unspecified atom stereocenters. The van der Waals surface area contributed by atoms with Crippen molar-refractivity contribution >= 4 is 87.2 Å². The summed E-state index contributed by atoms with van der Waals surface area (Å²) >= 11 is 0. The van der Waals surface area contributed by atoms with Crippen molar-refractivity contribution in [2.45, 2.75) is 38.5 Å². The summed E-state index contributed by atoms with van der Waals surface area (Å²) in [6.07, 6.45) is 0. The van der Waals surface area contributed by atoms with Crippen LogP contribution in [0.15, 0.2) is 218 Å². The molecule has 15 aromatic rings. The van der Waals surface area contributed by atoms with Gasteiger partial charge in [-0.25, -0.2) is 0 Å². The second kappa shape index (κ2) is 15.6. The van der Waals surface area contributed by atoms with Crippen molar-refractivity contribution < 1.29 is 0 Å². The van der Waals surface area contributed by atoms with Crippen LogP contribution in [0.25, 0.3) is 132 Å². The van der Waals surface area contributed by atoms with Crippen LogP contribution in [0.2, 0.25) is 0 Å². The van der Waals surface area contributed by atoms with E-state index in [2.05, 4.69) is 276 Å². The number of nitriles is 2. The molecule has 17 rings (SSSR count). The molecular weight excluding hydrogens is 973 g/mol. The van der Waals surface area contributed by atoms with Crippen LogP contribution in [0.1, 0.15) is 61.1 Å². The molecule has 0 atom stereocenters. The van der Waals surface area contributed by atoms with E-state index in [1.54, 1.807) is 0 Å². The van der Waals surface area contributed by atoms with Crippen LogP contribution in [-0.4, -0.2) is 18.3 Å². The molecule has 0 saturated carbocycles. The summed E-state index contributed by atoms with van der Waals surface area (Å²) in [5.41, 5.74) is 20.1. The second-order valence-electron chi connectivity index (χ2n) is 22.9. The molecule has 0 bridgehead atoms. The minimum atomic E-state index is -0.324. The summed E-state index contributed by atoms with van der Waals surface area (Å²) in [5, 5.41) is 34.0. The lowest BCUT2D eigenvalue weighted by Crippen LogP contribution is -2.17. The van der Waals surface area contributed by atoms with Crippen LogP contribution < -0.4 is 0 Å². The third-order valence-electron chi connectivity index (χ3n) is 18.4. The predicted octanol–water partition coefficient (Wildman–Crippen LogP) is 18.4. The van der Waals surface area contributed by atoms with Gasteiger partial charge in [0.25, 0.3) is 0 Å². The minimum absolute atomic E-state index is 0.286. The van der Waals surface area contributed by atoms with E-state index < -0.39 is 0 Å². The second-order valence-corrected chi connectivity index (χ2v) is 22.9. The molecule has 0 radical (unpaired) electrons. The molecule has 4 heterocycles. The number of benzene rings is 11. The molecule has 0 N–H and O–H groups in total. The fourth-order valence-electron chi connectivity index (χ4n) is 15.1. The summed E-state index contributed by atoms with van der Waals surface area (Å²) in [6.45, 7) is 9.30. The van der Waals surface area contributed by atoms with Crippen LogP contribution >= 0.6 is 0 Å². The molecule has 6 heteroatoms. The molecule has 0 aliphatic heterocycles. The first-order chi connectivity index (χ1) is 39.2. The maximum absolute atomic E-state index is 12.7. The van der Waals surface area contributed by atoms with Gasteiger partial charge < -0.3 is 18.3 Å². The number of para-hydroxylation sites is 6. The van der Waals surface area contributed by atoms with Crippen molar-refractivity contribution in [3.63, 3.8) is 0 Å². The molecule has 6 nitrogen and oxygen atoms in total. The zero-order chi connectivity index (χ0) is 53.5. The zero-order valence-corrected chi connectivity index (χ0v) is 44.5. The lowest BCUT2D eigenvalue weighted by atomic mass is 9.82. The number of aromatic nitrogens is 4. The monoisotopic (exact) mass is 1020 g/mol. The van der Waals surface area contributed by atoms with Gasteiger partial charge in [0.1, 0.15) is 12.1 Å². The number of rotatable bonds is 4. The first-order valence-electron chi connectivity index (χ1n) is 27.6. The summed E-state index contributed by atoms with van der Waals surface area (Å²) in [5.74, 6) is 0. The first-order valence-corrected chi connectivity index (χ1v) is 27.6. The van der Waals surface area contributed by atoms with Crippen molar-refractivity contribution in [2.75, 3.05) is 0 Å². The average Bonchev–Trinajstić information content (AvgIpc) is 4.48. The number of hydrogen-bond donors (Lipinski definition) is 0. The lowest BCUT2D eigenvalue weighted by molar-refractivity contribution is 0.660. The van der Waals surface area contributed by atoms with Gasteiger partial charge in [0, 0.05) is 65.0 Å². The lowest BCUT2D eigenvalue weighted by Gasteiger charge is -2.28. The van der Waals surface area contributed by atoms with E-state index in [-0.39, 0.29) is 22.0 Å². The van der Waals surface area contributed by atoms with Gasteiger partial charge in [-0.15, -0.1) is 0 Å². The third-order valence-corrected chi connectivity index (χ3v) is 18.4. The van der Waals surface area contributed by atoms with Crippen molar-refractivity contribution in [3.8, 4) is 57.1 Å². The van der Waals surface area contributed by atoms with Gasteiger partial charge in [0.15, 0.2) is 0 Å². The Morgan fingerprint density at radius 2 is 0.550 bits per heavy atom. The van der Waals surface area contributed by atoms with Crippen LogP contribution in [0.4, 0.5) is 0 Å². The van der Waals surface area contributed by atoms with Crippen LogP contribution in [0.3, 0.4) is 0 Å². The SMILES string of the molecule is CC1(C)c2ccccc2-c2c1ccc1c3ccccc3n(-c3c(C#N)c(C#N)c(-n4c5ccccc5c5ccc6c(c54)-c4ccccc4C6(C)C)c(-n4c5ccccc5c5ccccc54)c3-n3c4ccccc4c4ccccc43)c21. The standard InChI is InChI=1S/C74H48N6/c1-73(2)55-29-13-5-27-51(55)65-57(73)39-37-49-47-25-11-19-35-63(47)79(67(49)65)69-53(41-75)54(42-76)70(80-64-36-20-12-26-48(64)50-38-40-58-66(68(50)80)52-28-6-14-30-56(52)74(58,3)4)72(78-61-33-17-9-23-45(61)46-24-10-18-34-62(46)78)71(69)77-59-31-15-7-21-43(59)44-22-8-16-32-60(44)77/h5-40H,1-4H3. The van der Waals surface area contributed by atoms with Gasteiger partial charge in [-0.1, -0.05) is 210 Å². The Balaban J connectivity index is 1.22. The zero-order valence-electron chi connectivity index (χ0n) is 44.5. The Labute approximate surface area is 461 Å². The smallest absolute Gasteiger partial charge is 0.103 e. The Bertz CT molecular complexity index is 4960. The molecule has 2 aliphatic carbocycles. The summed E-state index contributed by atoms with van der Waals surface area (Å²) in [4.78, 5) is 0. The molecule has 11 aromatic carbocycles. The van der Waals surface area contributed by atoms with E-state index in [9.17, 15) is 10.5 Å². The van der Waals surface area contributed by atoms with Crippen LogP contribution in [0, 0.1) is 22.7 Å². The molecule has 0 amide bonds. The van der Waals surface area contributed by atoms with Crippen molar-refractivity contribution in [2.24, 2.45) is 0 Å². The predicted molar refractivity (Wildman–Crippen MR) is 328 cm³/mol.